The summed E-state index contributed by atoms with van der Waals surface area (Å²) in [5.41, 5.74) is 1.21. The van der Waals surface area contributed by atoms with Crippen LogP contribution in [0.1, 0.15) is 25.2 Å². The van der Waals surface area contributed by atoms with E-state index in [1.54, 1.807) is 13.8 Å². The molecule has 2 N–H and O–H groups in total. The zero-order valence-corrected chi connectivity index (χ0v) is 15.0. The summed E-state index contributed by atoms with van der Waals surface area (Å²) >= 11 is 5.58. The Kier molecular flexibility index (Phi) is 6.27. The fourth-order valence-electron chi connectivity index (χ4n) is 2.01. The molecule has 2 amide bonds. The third-order valence-electron chi connectivity index (χ3n) is 3.17. The molecule has 0 spiro atoms. The van der Waals surface area contributed by atoms with E-state index in [2.05, 4.69) is 10.4 Å². The van der Waals surface area contributed by atoms with Crippen LogP contribution in [0.25, 0.3) is 11.3 Å². The monoisotopic (exact) mass is 401 g/mol. The maximum atomic E-state index is 12.9. The van der Waals surface area contributed by atoms with Gasteiger partial charge in [0.15, 0.2) is 0 Å². The van der Waals surface area contributed by atoms with Gasteiger partial charge in [-0.05, 0) is 44.2 Å². The molecule has 0 aliphatic heterocycles. The van der Waals surface area contributed by atoms with Crippen LogP contribution in [0.3, 0.4) is 0 Å². The number of benzene rings is 1. The number of carbonyl (C=O) groups is 2. The quantitative estimate of drug-likeness (QED) is 0.466. The average Bonchev–Trinajstić information content (AvgIpc) is 3.02. The van der Waals surface area contributed by atoms with Gasteiger partial charge >= 0.3 is 18.0 Å². The molecule has 27 heavy (non-hydrogen) atoms. The molecule has 0 fully saturated rings. The number of nitrogens with zero attached hydrogens (tertiary/aromatic N) is 1. The fraction of sp³-hybridized carbons (Fsp3) is 0.235. The van der Waals surface area contributed by atoms with Crippen molar-refractivity contribution >= 4 is 29.6 Å². The van der Waals surface area contributed by atoms with Crippen molar-refractivity contribution in [2.45, 2.75) is 26.1 Å². The third kappa shape index (κ3) is 5.58. The number of hydrogen-bond donors (Lipinski definition) is 2. The molecule has 0 aliphatic rings. The molecule has 0 atom stereocenters. The van der Waals surface area contributed by atoms with E-state index in [1.807, 2.05) is 5.43 Å². The second kappa shape index (κ2) is 8.26. The van der Waals surface area contributed by atoms with Crippen molar-refractivity contribution < 1.29 is 27.2 Å². The lowest BCUT2D eigenvalue weighted by molar-refractivity contribution is -0.139. The summed E-state index contributed by atoms with van der Waals surface area (Å²) in [6.07, 6.45) is -3.48. The van der Waals surface area contributed by atoms with Crippen LogP contribution in [-0.2, 0) is 15.8 Å². The lowest BCUT2D eigenvalue weighted by Crippen LogP contribution is -2.41. The van der Waals surface area contributed by atoms with Crippen molar-refractivity contribution in [3.8, 4) is 11.3 Å². The van der Waals surface area contributed by atoms with Crippen molar-refractivity contribution in [2.24, 2.45) is 5.10 Å². The number of carbonyl (C=O) groups excluding carboxylic acids is 2. The van der Waals surface area contributed by atoms with Gasteiger partial charge in [-0.25, -0.2) is 5.43 Å². The molecule has 2 aromatic rings. The van der Waals surface area contributed by atoms with Crippen molar-refractivity contribution in [2.75, 3.05) is 0 Å². The lowest BCUT2D eigenvalue weighted by atomic mass is 10.1. The van der Waals surface area contributed by atoms with E-state index in [0.29, 0.717) is 0 Å². The van der Waals surface area contributed by atoms with Gasteiger partial charge in [-0.1, -0.05) is 11.6 Å². The van der Waals surface area contributed by atoms with Gasteiger partial charge in [-0.2, -0.15) is 18.3 Å². The summed E-state index contributed by atoms with van der Waals surface area (Å²) in [6.45, 7) is 3.39. The largest absolute Gasteiger partial charge is 0.455 e. The van der Waals surface area contributed by atoms with Crippen molar-refractivity contribution in [3.05, 3.63) is 46.7 Å². The summed E-state index contributed by atoms with van der Waals surface area (Å²) in [7, 11) is 0. The van der Waals surface area contributed by atoms with Gasteiger partial charge in [0, 0.05) is 11.6 Å². The predicted octanol–water partition coefficient (Wildman–Crippen LogP) is 3.59. The highest BCUT2D eigenvalue weighted by molar-refractivity contribution is 6.35. The smallest absolute Gasteiger partial charge is 0.417 e. The number of hydrogen-bond acceptors (Lipinski definition) is 4. The van der Waals surface area contributed by atoms with E-state index in [0.717, 1.165) is 18.3 Å². The SMILES string of the molecule is CC(C)NC(=O)C(=O)N/N=C\c1ccc(-c2ccc(Cl)c(C(F)(F)F)c2)o1. The Bertz CT molecular complexity index is 876. The summed E-state index contributed by atoms with van der Waals surface area (Å²) in [4.78, 5) is 22.9. The Morgan fingerprint density at radius 1 is 1.19 bits per heavy atom. The number of alkyl halides is 3. The normalized spacial score (nSPS) is 11.8. The molecule has 0 aliphatic carbocycles. The second-order valence-corrected chi connectivity index (χ2v) is 6.13. The van der Waals surface area contributed by atoms with Crippen LogP contribution in [0.15, 0.2) is 39.9 Å². The van der Waals surface area contributed by atoms with E-state index in [1.165, 1.54) is 18.2 Å². The molecular formula is C17H15ClF3N3O3. The van der Waals surface area contributed by atoms with Crippen molar-refractivity contribution in [1.82, 2.24) is 10.7 Å². The standard InChI is InChI=1S/C17H15ClF3N3O3/c1-9(2)23-15(25)16(26)24-22-8-11-4-6-14(27-11)10-3-5-13(18)12(7-10)17(19,20)21/h3-9H,1-2H3,(H,23,25)(H,24,26)/b22-8-. The van der Waals surface area contributed by atoms with Crippen LogP contribution in [0.2, 0.25) is 5.02 Å². The average molecular weight is 402 g/mol. The topological polar surface area (TPSA) is 83.7 Å². The fourth-order valence-corrected chi connectivity index (χ4v) is 2.23. The molecule has 1 aromatic carbocycles. The van der Waals surface area contributed by atoms with Gasteiger partial charge in [-0.3, -0.25) is 9.59 Å². The van der Waals surface area contributed by atoms with Crippen molar-refractivity contribution in [3.63, 3.8) is 0 Å². The van der Waals surface area contributed by atoms with Gasteiger partial charge in [-0.15, -0.1) is 0 Å². The minimum Gasteiger partial charge on any atom is -0.455 e. The molecule has 0 unspecified atom stereocenters. The number of rotatable bonds is 4. The van der Waals surface area contributed by atoms with Crippen LogP contribution in [0.4, 0.5) is 13.2 Å². The van der Waals surface area contributed by atoms with E-state index >= 15 is 0 Å². The summed E-state index contributed by atoms with van der Waals surface area (Å²) < 4.78 is 44.2. The van der Waals surface area contributed by atoms with Crippen LogP contribution in [0, 0.1) is 0 Å². The molecule has 2 rings (SSSR count). The Morgan fingerprint density at radius 3 is 2.52 bits per heavy atom. The highest BCUT2D eigenvalue weighted by Gasteiger charge is 2.33. The highest BCUT2D eigenvalue weighted by atomic mass is 35.5. The molecule has 0 radical (unpaired) electrons. The first-order chi connectivity index (χ1) is 12.6. The van der Waals surface area contributed by atoms with Crippen LogP contribution >= 0.6 is 11.6 Å². The highest BCUT2D eigenvalue weighted by Crippen LogP contribution is 2.37. The molecule has 0 bridgehead atoms. The second-order valence-electron chi connectivity index (χ2n) is 5.72. The Balaban J connectivity index is 2.09. The van der Waals surface area contributed by atoms with Crippen molar-refractivity contribution in [1.29, 1.82) is 0 Å². The molecule has 6 nitrogen and oxygen atoms in total. The molecule has 1 aromatic heterocycles. The minimum absolute atomic E-state index is 0.155. The van der Waals surface area contributed by atoms with E-state index in [-0.39, 0.29) is 23.1 Å². The number of hydrazone groups is 1. The van der Waals surface area contributed by atoms with Gasteiger partial charge in [0.1, 0.15) is 11.5 Å². The van der Waals surface area contributed by atoms with E-state index < -0.39 is 28.6 Å². The molecule has 1 heterocycles. The zero-order valence-electron chi connectivity index (χ0n) is 14.2. The van der Waals surface area contributed by atoms with Gasteiger partial charge in [0.2, 0.25) is 0 Å². The van der Waals surface area contributed by atoms with Crippen LogP contribution < -0.4 is 10.7 Å². The number of furan rings is 1. The van der Waals surface area contributed by atoms with E-state index in [4.69, 9.17) is 16.0 Å². The first-order valence-corrected chi connectivity index (χ1v) is 8.06. The Morgan fingerprint density at radius 2 is 1.89 bits per heavy atom. The summed E-state index contributed by atoms with van der Waals surface area (Å²) in [6, 6.07) is 6.07. The number of nitrogens with one attached hydrogen (secondary N) is 2. The Labute approximate surface area is 157 Å². The molecule has 10 heteroatoms. The first kappa shape index (κ1) is 20.5. The Hall–Kier alpha value is -2.81. The van der Waals surface area contributed by atoms with E-state index in [9.17, 15) is 22.8 Å². The third-order valence-corrected chi connectivity index (χ3v) is 3.50. The molecule has 0 saturated heterocycles. The predicted molar refractivity (Wildman–Crippen MR) is 93.2 cm³/mol. The minimum atomic E-state index is -4.59. The number of amides is 2. The molecule has 144 valence electrons. The maximum Gasteiger partial charge on any atom is 0.417 e. The maximum absolute atomic E-state index is 12.9. The first-order valence-electron chi connectivity index (χ1n) is 7.68. The number of halogens is 4. The van der Waals surface area contributed by atoms with Crippen LogP contribution in [0.5, 0.6) is 0 Å². The lowest BCUT2D eigenvalue weighted by Gasteiger charge is -2.09. The van der Waals surface area contributed by atoms with Gasteiger partial charge < -0.3 is 9.73 Å². The molecular weight excluding hydrogens is 387 g/mol. The summed E-state index contributed by atoms with van der Waals surface area (Å²) in [5.74, 6) is -1.48. The van der Waals surface area contributed by atoms with Crippen LogP contribution in [-0.4, -0.2) is 24.1 Å². The van der Waals surface area contributed by atoms with Gasteiger partial charge in [0.25, 0.3) is 0 Å². The summed E-state index contributed by atoms with van der Waals surface area (Å²) in [5, 5.41) is 5.54. The zero-order chi connectivity index (χ0) is 20.2. The van der Waals surface area contributed by atoms with Gasteiger partial charge in [0.05, 0.1) is 16.8 Å². The molecule has 0 saturated carbocycles.